The molecule has 1 saturated heterocycles. The Labute approximate surface area is 138 Å². The van der Waals surface area contributed by atoms with Crippen LogP contribution >= 0.6 is 11.6 Å². The van der Waals surface area contributed by atoms with Crippen LogP contribution in [0.25, 0.3) is 0 Å². The molecule has 0 bridgehead atoms. The van der Waals surface area contributed by atoms with E-state index in [9.17, 15) is 9.18 Å². The van der Waals surface area contributed by atoms with Crippen molar-refractivity contribution in [3.8, 4) is 0 Å². The normalized spacial score (nSPS) is 14.6. The number of hydrogen-bond acceptors (Lipinski definition) is 4. The second-order valence-corrected chi connectivity index (χ2v) is 5.49. The molecule has 1 aliphatic heterocycles. The van der Waals surface area contributed by atoms with Crippen molar-refractivity contribution in [3.05, 3.63) is 52.9 Å². The molecular formula is C16H15ClFN3O2. The monoisotopic (exact) mass is 335 g/mol. The van der Waals surface area contributed by atoms with Crippen molar-refractivity contribution < 1.29 is 13.9 Å². The van der Waals surface area contributed by atoms with Crippen molar-refractivity contribution in [1.29, 1.82) is 0 Å². The summed E-state index contributed by atoms with van der Waals surface area (Å²) in [5.41, 5.74) is 0.472. The largest absolute Gasteiger partial charge is 0.378 e. The number of ether oxygens (including phenoxy) is 1. The zero-order chi connectivity index (χ0) is 16.2. The summed E-state index contributed by atoms with van der Waals surface area (Å²) >= 11 is 5.72. The van der Waals surface area contributed by atoms with E-state index in [2.05, 4.69) is 10.3 Å². The van der Waals surface area contributed by atoms with Crippen LogP contribution in [0.5, 0.6) is 0 Å². The number of rotatable bonds is 3. The van der Waals surface area contributed by atoms with E-state index >= 15 is 0 Å². The van der Waals surface area contributed by atoms with E-state index in [1.54, 1.807) is 18.3 Å². The van der Waals surface area contributed by atoms with E-state index in [1.165, 1.54) is 12.1 Å². The van der Waals surface area contributed by atoms with Crippen LogP contribution in [0.1, 0.15) is 10.4 Å². The maximum absolute atomic E-state index is 13.8. The Hall–Kier alpha value is -2.18. The van der Waals surface area contributed by atoms with Gasteiger partial charge in [-0.15, -0.1) is 0 Å². The highest BCUT2D eigenvalue weighted by atomic mass is 35.5. The molecule has 1 N–H and O–H groups in total. The van der Waals surface area contributed by atoms with Gasteiger partial charge in [0.05, 0.1) is 24.5 Å². The Kier molecular flexibility index (Phi) is 4.73. The number of carbonyl (C=O) groups is 1. The first kappa shape index (κ1) is 15.7. The first-order valence-electron chi connectivity index (χ1n) is 7.19. The van der Waals surface area contributed by atoms with E-state index < -0.39 is 11.7 Å². The molecule has 3 rings (SSSR count). The molecule has 7 heteroatoms. The molecule has 0 atom stereocenters. The molecule has 0 radical (unpaired) electrons. The van der Waals surface area contributed by atoms with Gasteiger partial charge in [0.1, 0.15) is 11.6 Å². The van der Waals surface area contributed by atoms with Gasteiger partial charge in [0.25, 0.3) is 5.91 Å². The molecule has 1 amide bonds. The highest BCUT2D eigenvalue weighted by Crippen LogP contribution is 2.22. The number of halogens is 2. The first-order chi connectivity index (χ1) is 11.1. The number of hydrogen-bond donors (Lipinski definition) is 1. The summed E-state index contributed by atoms with van der Waals surface area (Å²) < 4.78 is 19.2. The van der Waals surface area contributed by atoms with Gasteiger partial charge in [-0.05, 0) is 30.3 Å². The van der Waals surface area contributed by atoms with Crippen molar-refractivity contribution in [3.63, 3.8) is 0 Å². The summed E-state index contributed by atoms with van der Waals surface area (Å²) in [6.07, 6.45) is 1.63. The lowest BCUT2D eigenvalue weighted by molar-refractivity contribution is 0.102. The second kappa shape index (κ2) is 6.93. The van der Waals surface area contributed by atoms with Gasteiger partial charge >= 0.3 is 0 Å². The van der Waals surface area contributed by atoms with Crippen LogP contribution in [-0.2, 0) is 4.74 Å². The van der Waals surface area contributed by atoms with Crippen LogP contribution in [-0.4, -0.2) is 37.2 Å². The van der Waals surface area contributed by atoms with Crippen molar-refractivity contribution in [2.75, 3.05) is 36.5 Å². The quantitative estimate of drug-likeness (QED) is 0.937. The third-order valence-electron chi connectivity index (χ3n) is 3.52. The van der Waals surface area contributed by atoms with Gasteiger partial charge in [-0.1, -0.05) is 11.6 Å². The number of carbonyl (C=O) groups excluding carboxylic acids is 1. The number of anilines is 2. The molecule has 1 aromatic heterocycles. The first-order valence-corrected chi connectivity index (χ1v) is 7.57. The Balaban J connectivity index is 1.84. The van der Waals surface area contributed by atoms with Gasteiger partial charge in [0.15, 0.2) is 0 Å². The van der Waals surface area contributed by atoms with Gasteiger partial charge in [-0.25, -0.2) is 9.37 Å². The van der Waals surface area contributed by atoms with E-state index in [1.807, 2.05) is 4.90 Å². The lowest BCUT2D eigenvalue weighted by Gasteiger charge is -2.29. The van der Waals surface area contributed by atoms with E-state index in [-0.39, 0.29) is 10.7 Å². The smallest absolute Gasteiger partial charge is 0.259 e. The number of amides is 1. The highest BCUT2D eigenvalue weighted by molar-refractivity contribution is 6.30. The van der Waals surface area contributed by atoms with Crippen LogP contribution in [0.15, 0.2) is 36.5 Å². The zero-order valence-corrected chi connectivity index (χ0v) is 13.0. The van der Waals surface area contributed by atoms with Crippen molar-refractivity contribution in [1.82, 2.24) is 4.98 Å². The molecule has 1 aliphatic rings. The van der Waals surface area contributed by atoms with E-state index in [0.717, 1.165) is 6.07 Å². The van der Waals surface area contributed by atoms with Crippen molar-refractivity contribution in [2.45, 2.75) is 0 Å². The minimum Gasteiger partial charge on any atom is -0.378 e. The fourth-order valence-corrected chi connectivity index (χ4v) is 2.54. The summed E-state index contributed by atoms with van der Waals surface area (Å²) in [5.74, 6) is -0.425. The van der Waals surface area contributed by atoms with Gasteiger partial charge in [-0.2, -0.15) is 0 Å². The number of benzene rings is 1. The predicted molar refractivity (Wildman–Crippen MR) is 86.6 cm³/mol. The highest BCUT2D eigenvalue weighted by Gasteiger charge is 2.20. The van der Waals surface area contributed by atoms with Crippen LogP contribution in [0, 0.1) is 5.82 Å². The molecule has 2 heterocycles. The minimum absolute atomic E-state index is 0.0798. The lowest BCUT2D eigenvalue weighted by Crippen LogP contribution is -2.38. The molecule has 1 aromatic carbocycles. The minimum atomic E-state index is -0.581. The summed E-state index contributed by atoms with van der Waals surface area (Å²) in [5, 5.41) is 2.84. The Bertz CT molecular complexity index is 720. The number of aromatic nitrogens is 1. The topological polar surface area (TPSA) is 54.5 Å². The average Bonchev–Trinajstić information content (AvgIpc) is 2.58. The second-order valence-electron chi connectivity index (χ2n) is 5.05. The predicted octanol–water partition coefficient (Wildman–Crippen LogP) is 2.96. The molecule has 2 aromatic rings. The number of morpholine rings is 1. The Morgan fingerprint density at radius 1 is 1.30 bits per heavy atom. The summed E-state index contributed by atoms with van der Waals surface area (Å²) in [7, 11) is 0. The molecule has 120 valence electrons. The Morgan fingerprint density at radius 3 is 2.83 bits per heavy atom. The van der Waals surface area contributed by atoms with Crippen LogP contribution in [0.2, 0.25) is 5.02 Å². The number of nitrogens with zero attached hydrogens (tertiary/aromatic N) is 2. The SMILES string of the molecule is O=C(Nc1ccc(Cl)cc1F)c1cccnc1N1CCOCC1. The molecule has 0 saturated carbocycles. The summed E-state index contributed by atoms with van der Waals surface area (Å²) in [6, 6.07) is 7.45. The maximum atomic E-state index is 13.8. The zero-order valence-electron chi connectivity index (χ0n) is 12.3. The molecular weight excluding hydrogens is 321 g/mol. The number of nitrogens with one attached hydrogen (secondary N) is 1. The van der Waals surface area contributed by atoms with Crippen LogP contribution in [0.4, 0.5) is 15.9 Å². The van der Waals surface area contributed by atoms with Crippen LogP contribution < -0.4 is 10.2 Å². The third kappa shape index (κ3) is 3.60. The van der Waals surface area contributed by atoms with Gasteiger partial charge < -0.3 is 15.0 Å². The molecule has 0 unspecified atom stereocenters. The third-order valence-corrected chi connectivity index (χ3v) is 3.76. The summed E-state index contributed by atoms with van der Waals surface area (Å²) in [6.45, 7) is 2.49. The standard InChI is InChI=1S/C16H15ClFN3O2/c17-11-3-4-14(13(18)10-11)20-16(22)12-2-1-5-19-15(12)21-6-8-23-9-7-21/h1-5,10H,6-9H2,(H,20,22). The van der Waals surface area contributed by atoms with Crippen molar-refractivity contribution >= 4 is 29.0 Å². The van der Waals surface area contributed by atoms with E-state index in [4.69, 9.17) is 16.3 Å². The molecule has 1 fully saturated rings. The van der Waals surface area contributed by atoms with Gasteiger partial charge in [0, 0.05) is 24.3 Å². The molecule has 23 heavy (non-hydrogen) atoms. The van der Waals surface area contributed by atoms with Crippen molar-refractivity contribution in [2.24, 2.45) is 0 Å². The average molecular weight is 336 g/mol. The Morgan fingerprint density at radius 2 is 2.09 bits per heavy atom. The molecule has 0 spiro atoms. The number of pyridine rings is 1. The van der Waals surface area contributed by atoms with Crippen LogP contribution in [0.3, 0.4) is 0 Å². The lowest BCUT2D eigenvalue weighted by atomic mass is 10.2. The van der Waals surface area contributed by atoms with Gasteiger partial charge in [-0.3, -0.25) is 4.79 Å². The van der Waals surface area contributed by atoms with Gasteiger partial charge in [0.2, 0.25) is 0 Å². The fraction of sp³-hybridized carbons (Fsp3) is 0.250. The fourth-order valence-electron chi connectivity index (χ4n) is 2.38. The summed E-state index contributed by atoms with van der Waals surface area (Å²) in [4.78, 5) is 18.8. The van der Waals surface area contributed by atoms with E-state index in [0.29, 0.717) is 37.7 Å². The maximum Gasteiger partial charge on any atom is 0.259 e. The molecule has 5 nitrogen and oxygen atoms in total. The molecule has 0 aliphatic carbocycles.